The first-order chi connectivity index (χ1) is 9.98. The van der Waals surface area contributed by atoms with E-state index in [2.05, 4.69) is 6.92 Å². The number of alkyl halides is 1. The van der Waals surface area contributed by atoms with Gasteiger partial charge in [0.25, 0.3) is 0 Å². The Hall–Kier alpha value is -0.430. The smallest absolute Gasteiger partial charge is 0.243 e. The van der Waals surface area contributed by atoms with E-state index in [1.807, 2.05) is 6.92 Å². The van der Waals surface area contributed by atoms with Crippen LogP contribution >= 0.6 is 23.4 Å². The van der Waals surface area contributed by atoms with Crippen LogP contribution in [0.2, 0.25) is 0 Å². The summed E-state index contributed by atoms with van der Waals surface area (Å²) >= 11 is 7.71. The van der Waals surface area contributed by atoms with E-state index in [1.165, 1.54) is 0 Å². The number of rotatable bonds is 5. The van der Waals surface area contributed by atoms with Crippen LogP contribution in [0.3, 0.4) is 0 Å². The molecule has 1 aliphatic rings. The maximum Gasteiger partial charge on any atom is 0.243 e. The lowest BCUT2D eigenvalue weighted by Gasteiger charge is -2.29. The fourth-order valence-corrected chi connectivity index (χ4v) is 5.28. The molecule has 0 aliphatic carbocycles. The third kappa shape index (κ3) is 3.86. The number of benzene rings is 1. The van der Waals surface area contributed by atoms with Crippen molar-refractivity contribution in [3.05, 3.63) is 23.8 Å². The summed E-state index contributed by atoms with van der Waals surface area (Å²) in [7, 11) is -3.45. The molecule has 0 N–H and O–H groups in total. The maximum atomic E-state index is 12.7. The Kier molecular flexibility index (Phi) is 5.82. The molecule has 0 radical (unpaired) electrons. The summed E-state index contributed by atoms with van der Waals surface area (Å²) in [6, 6.07) is 4.92. The monoisotopic (exact) mass is 349 g/mol. The molecule has 0 amide bonds. The molecule has 0 bridgehead atoms. The van der Waals surface area contributed by atoms with Crippen LogP contribution in [0.4, 0.5) is 0 Å². The fourth-order valence-electron chi connectivity index (χ4n) is 2.27. The largest absolute Gasteiger partial charge is 0.494 e. The molecule has 4 nitrogen and oxygen atoms in total. The lowest BCUT2D eigenvalue weighted by atomic mass is 10.2. The number of sulfonamides is 1. The van der Waals surface area contributed by atoms with Gasteiger partial charge in [0.15, 0.2) is 0 Å². The zero-order valence-electron chi connectivity index (χ0n) is 12.2. The maximum absolute atomic E-state index is 12.7. The highest BCUT2D eigenvalue weighted by atomic mass is 35.5. The van der Waals surface area contributed by atoms with Crippen LogP contribution in [0, 0.1) is 0 Å². The second-order valence-electron chi connectivity index (χ2n) is 4.88. The molecule has 1 heterocycles. The summed E-state index contributed by atoms with van der Waals surface area (Å²) in [5.41, 5.74) is 0.707. The summed E-state index contributed by atoms with van der Waals surface area (Å²) in [6.07, 6.45) is 0. The van der Waals surface area contributed by atoms with Gasteiger partial charge in [0.1, 0.15) is 5.75 Å². The molecule has 0 spiro atoms. The van der Waals surface area contributed by atoms with Gasteiger partial charge < -0.3 is 4.74 Å². The van der Waals surface area contributed by atoms with Crippen molar-refractivity contribution in [2.75, 3.05) is 25.4 Å². The van der Waals surface area contributed by atoms with Crippen molar-refractivity contribution < 1.29 is 13.2 Å². The second kappa shape index (κ2) is 7.22. The predicted octanol–water partition coefficient (Wildman–Crippen LogP) is 2.95. The lowest BCUT2D eigenvalue weighted by molar-refractivity contribution is 0.337. The van der Waals surface area contributed by atoms with Crippen LogP contribution < -0.4 is 4.74 Å². The molecule has 1 unspecified atom stereocenters. The Morgan fingerprint density at radius 2 is 2.24 bits per heavy atom. The molecule has 1 aromatic carbocycles. The van der Waals surface area contributed by atoms with Crippen molar-refractivity contribution in [2.45, 2.75) is 29.9 Å². The van der Waals surface area contributed by atoms with Crippen LogP contribution in [0.1, 0.15) is 19.4 Å². The summed E-state index contributed by atoms with van der Waals surface area (Å²) in [6.45, 7) is 5.57. The first-order valence-electron chi connectivity index (χ1n) is 6.92. The summed E-state index contributed by atoms with van der Waals surface area (Å²) in [4.78, 5) is 0.292. The molecule has 7 heteroatoms. The third-order valence-electron chi connectivity index (χ3n) is 3.32. The average Bonchev–Trinajstić information content (AvgIpc) is 2.47. The van der Waals surface area contributed by atoms with Gasteiger partial charge in [-0.1, -0.05) is 6.92 Å². The van der Waals surface area contributed by atoms with E-state index in [1.54, 1.807) is 34.3 Å². The van der Waals surface area contributed by atoms with Gasteiger partial charge in [-0.3, -0.25) is 0 Å². The zero-order chi connectivity index (χ0) is 15.5. The van der Waals surface area contributed by atoms with Gasteiger partial charge in [-0.15, -0.1) is 11.6 Å². The normalized spacial score (nSPS) is 20.4. The minimum absolute atomic E-state index is 0.227. The number of thioether (sulfide) groups is 1. The van der Waals surface area contributed by atoms with Crippen LogP contribution in [0.5, 0.6) is 5.75 Å². The number of ether oxygens (including phenoxy) is 1. The van der Waals surface area contributed by atoms with Crippen LogP contribution in [0.25, 0.3) is 0 Å². The fraction of sp³-hybridized carbons (Fsp3) is 0.571. The predicted molar refractivity (Wildman–Crippen MR) is 87.8 cm³/mol. The molecule has 2 rings (SSSR count). The van der Waals surface area contributed by atoms with Crippen molar-refractivity contribution >= 4 is 33.4 Å². The molecule has 21 heavy (non-hydrogen) atoms. The standard InChI is InChI=1S/C14H20ClNO3S2/c1-3-19-14-5-4-13(8-12(14)9-15)21(17,18)16-6-7-20-11(2)10-16/h4-5,8,11H,3,6-7,9-10H2,1-2H3. The van der Waals surface area contributed by atoms with E-state index in [0.29, 0.717) is 41.2 Å². The van der Waals surface area contributed by atoms with E-state index in [4.69, 9.17) is 16.3 Å². The molecule has 1 atom stereocenters. The highest BCUT2D eigenvalue weighted by Crippen LogP contribution is 2.28. The minimum atomic E-state index is -3.45. The molecular weight excluding hydrogens is 330 g/mol. The average molecular weight is 350 g/mol. The van der Waals surface area contributed by atoms with E-state index >= 15 is 0 Å². The van der Waals surface area contributed by atoms with Crippen LogP contribution in [0.15, 0.2) is 23.1 Å². The van der Waals surface area contributed by atoms with Gasteiger partial charge in [0.2, 0.25) is 10.0 Å². The van der Waals surface area contributed by atoms with Crippen molar-refractivity contribution in [3.63, 3.8) is 0 Å². The molecular formula is C14H20ClNO3S2. The van der Waals surface area contributed by atoms with Crippen LogP contribution in [-0.2, 0) is 15.9 Å². The van der Waals surface area contributed by atoms with Gasteiger partial charge in [0.05, 0.1) is 17.4 Å². The van der Waals surface area contributed by atoms with Crippen LogP contribution in [-0.4, -0.2) is 43.4 Å². The molecule has 118 valence electrons. The van der Waals surface area contributed by atoms with E-state index in [-0.39, 0.29) is 5.88 Å². The second-order valence-corrected chi connectivity index (χ2v) is 8.63. The molecule has 0 aromatic heterocycles. The summed E-state index contributed by atoms with van der Waals surface area (Å²) < 4.78 is 32.4. The van der Waals surface area contributed by atoms with Gasteiger partial charge in [-0.05, 0) is 25.1 Å². The molecule has 1 saturated heterocycles. The first-order valence-corrected chi connectivity index (χ1v) is 9.94. The van der Waals surface area contributed by atoms with Crippen molar-refractivity contribution in [1.82, 2.24) is 4.31 Å². The summed E-state index contributed by atoms with van der Waals surface area (Å²) in [5.74, 6) is 1.71. The Balaban J connectivity index is 2.31. The topological polar surface area (TPSA) is 46.6 Å². The van der Waals surface area contributed by atoms with E-state index in [9.17, 15) is 8.42 Å². The van der Waals surface area contributed by atoms with Crippen molar-refractivity contribution in [1.29, 1.82) is 0 Å². The molecule has 0 saturated carbocycles. The number of halogens is 1. The summed E-state index contributed by atoms with van der Waals surface area (Å²) in [5, 5.41) is 0.323. The van der Waals surface area contributed by atoms with Gasteiger partial charge in [-0.2, -0.15) is 16.1 Å². The Morgan fingerprint density at radius 3 is 2.86 bits per heavy atom. The number of hydrogen-bond acceptors (Lipinski definition) is 4. The Labute approximate surface area is 135 Å². The highest BCUT2D eigenvalue weighted by molar-refractivity contribution is 8.00. The Morgan fingerprint density at radius 1 is 1.48 bits per heavy atom. The zero-order valence-corrected chi connectivity index (χ0v) is 14.6. The van der Waals surface area contributed by atoms with Crippen molar-refractivity contribution in [2.24, 2.45) is 0 Å². The number of hydrogen-bond donors (Lipinski definition) is 0. The Bertz CT molecular complexity index is 592. The third-order valence-corrected chi connectivity index (χ3v) is 6.60. The van der Waals surface area contributed by atoms with E-state index < -0.39 is 10.0 Å². The van der Waals surface area contributed by atoms with Gasteiger partial charge >= 0.3 is 0 Å². The molecule has 1 aliphatic heterocycles. The molecule has 1 aromatic rings. The first kappa shape index (κ1) is 16.9. The SMILES string of the molecule is CCOc1ccc(S(=O)(=O)N2CCSC(C)C2)cc1CCl. The van der Waals surface area contributed by atoms with Gasteiger partial charge in [0, 0.05) is 29.7 Å². The lowest BCUT2D eigenvalue weighted by Crippen LogP contribution is -2.40. The molecule has 1 fully saturated rings. The quantitative estimate of drug-likeness (QED) is 0.767. The number of nitrogens with zero attached hydrogens (tertiary/aromatic N) is 1. The van der Waals surface area contributed by atoms with E-state index in [0.717, 1.165) is 5.75 Å². The highest BCUT2D eigenvalue weighted by Gasteiger charge is 2.29. The van der Waals surface area contributed by atoms with Crippen molar-refractivity contribution in [3.8, 4) is 5.75 Å². The van der Waals surface area contributed by atoms with Gasteiger partial charge in [-0.25, -0.2) is 8.42 Å². The minimum Gasteiger partial charge on any atom is -0.494 e.